The van der Waals surface area contributed by atoms with E-state index in [0.717, 1.165) is 54.0 Å². The highest BCUT2D eigenvalue weighted by Crippen LogP contribution is 2.56. The molecule has 2 aromatic rings. The highest BCUT2D eigenvalue weighted by molar-refractivity contribution is 14.2. The van der Waals surface area contributed by atoms with E-state index < -0.39 is 0 Å². The Morgan fingerprint density at radius 1 is 1.36 bits per heavy atom. The predicted octanol–water partition coefficient (Wildman–Crippen LogP) is 4.76. The number of hydrogen-bond acceptors (Lipinski definition) is 4. The molecule has 0 bridgehead atoms. The van der Waals surface area contributed by atoms with E-state index in [9.17, 15) is 4.79 Å². The van der Waals surface area contributed by atoms with Gasteiger partial charge in [-0.1, -0.05) is 6.07 Å². The molecule has 126 valence electrons. The van der Waals surface area contributed by atoms with Gasteiger partial charge in [0.1, 0.15) is 16.4 Å². The lowest BCUT2D eigenvalue weighted by Gasteiger charge is -2.29. The van der Waals surface area contributed by atoms with Crippen LogP contribution in [-0.2, 0) is 6.54 Å². The molecular formula is C18H15IN4OS. The second kappa shape index (κ2) is 5.68. The lowest BCUT2D eigenvalue weighted by molar-refractivity contribution is 0.0687. The maximum atomic E-state index is 13.2. The zero-order valence-corrected chi connectivity index (χ0v) is 16.6. The summed E-state index contributed by atoms with van der Waals surface area (Å²) in [5.41, 5.74) is 5.50. The summed E-state index contributed by atoms with van der Waals surface area (Å²) in [4.78, 5) is 15.3. The first-order chi connectivity index (χ1) is 12.2. The number of aryl methyl sites for hydroxylation is 1. The lowest BCUT2D eigenvalue weighted by atomic mass is 9.97. The van der Waals surface area contributed by atoms with E-state index in [-0.39, 0.29) is 25.6 Å². The van der Waals surface area contributed by atoms with E-state index in [1.807, 2.05) is 39.0 Å². The van der Waals surface area contributed by atoms with Gasteiger partial charge in [-0.3, -0.25) is 4.79 Å². The summed E-state index contributed by atoms with van der Waals surface area (Å²) in [7, 11) is 1.82. The molecule has 7 heteroatoms. The molecule has 1 aromatic heterocycles. The number of carbonyl (C=O) groups is 1. The van der Waals surface area contributed by atoms with Crippen molar-refractivity contribution in [2.24, 2.45) is 3.15 Å². The predicted molar refractivity (Wildman–Crippen MR) is 105 cm³/mol. The van der Waals surface area contributed by atoms with Gasteiger partial charge in [-0.2, -0.15) is 5.26 Å². The quantitative estimate of drug-likeness (QED) is 0.605. The second-order valence-corrected chi connectivity index (χ2v) is 10.3. The Bertz CT molecular complexity index is 999. The van der Waals surface area contributed by atoms with Crippen molar-refractivity contribution in [3.63, 3.8) is 0 Å². The van der Waals surface area contributed by atoms with Crippen molar-refractivity contribution < 1.29 is 4.79 Å². The molecule has 1 fully saturated rings. The Morgan fingerprint density at radius 3 is 2.92 bits per heavy atom. The van der Waals surface area contributed by atoms with Crippen LogP contribution in [0.1, 0.15) is 34.5 Å². The Morgan fingerprint density at radius 2 is 2.20 bits per heavy atom. The van der Waals surface area contributed by atoms with Gasteiger partial charge in [-0.15, -0.1) is 0 Å². The number of aromatic nitrogens is 1. The minimum Gasteiger partial charge on any atom is -0.333 e. The molecule has 3 aliphatic rings. The van der Waals surface area contributed by atoms with Gasteiger partial charge in [0.15, 0.2) is 0 Å². The number of carbonyl (C=O) groups excluding carboxylic acids is 1. The van der Waals surface area contributed by atoms with E-state index >= 15 is 0 Å². The molecule has 0 spiro atoms. The number of benzene rings is 1. The van der Waals surface area contributed by atoms with Crippen molar-refractivity contribution >= 4 is 40.2 Å². The van der Waals surface area contributed by atoms with Gasteiger partial charge < -0.3 is 9.47 Å². The second-order valence-electron chi connectivity index (χ2n) is 6.63. The summed E-state index contributed by atoms with van der Waals surface area (Å²) in [6, 6.07) is 8.33. The molecule has 1 aromatic carbocycles. The van der Waals surface area contributed by atoms with Crippen LogP contribution in [0.5, 0.6) is 0 Å². The van der Waals surface area contributed by atoms with Crippen LogP contribution in [0, 0.1) is 18.3 Å². The minimum absolute atomic E-state index is 0.149. The Kier molecular flexibility index (Phi) is 3.54. The molecule has 5 rings (SSSR count). The molecule has 0 radical (unpaired) electrons. The number of hydrogen-bond donors (Lipinski definition) is 0. The Labute approximate surface area is 158 Å². The van der Waals surface area contributed by atoms with Gasteiger partial charge >= 0.3 is 0 Å². The summed E-state index contributed by atoms with van der Waals surface area (Å²) in [5.74, 6) is 0.149. The summed E-state index contributed by atoms with van der Waals surface area (Å²) < 4.78 is 7.00. The number of rotatable bonds is 2. The van der Waals surface area contributed by atoms with Crippen LogP contribution in [0.3, 0.4) is 0 Å². The fraction of sp³-hybridized carbons (Fsp3) is 0.333. The summed E-state index contributed by atoms with van der Waals surface area (Å²) in [5, 5.41) is 10.3. The van der Waals surface area contributed by atoms with Crippen molar-refractivity contribution in [1.82, 2.24) is 9.47 Å². The van der Waals surface area contributed by atoms with Gasteiger partial charge in [0, 0.05) is 24.7 Å². The van der Waals surface area contributed by atoms with Crippen LogP contribution in [0.4, 0.5) is 5.69 Å². The fourth-order valence-electron chi connectivity index (χ4n) is 3.71. The monoisotopic (exact) mass is 462 g/mol. The smallest absolute Gasteiger partial charge is 0.271 e. The van der Waals surface area contributed by atoms with Crippen molar-refractivity contribution in [2.75, 3.05) is 6.54 Å². The van der Waals surface area contributed by atoms with Gasteiger partial charge in [0.05, 0.1) is 31.3 Å². The third-order valence-corrected chi connectivity index (χ3v) is 8.67. The highest BCUT2D eigenvalue weighted by Gasteiger charge is 2.41. The maximum absolute atomic E-state index is 13.2. The van der Waals surface area contributed by atoms with Crippen LogP contribution in [-0.4, -0.2) is 28.0 Å². The molecule has 1 amide bonds. The van der Waals surface area contributed by atoms with Crippen molar-refractivity contribution in [3.05, 3.63) is 35.0 Å². The lowest BCUT2D eigenvalue weighted by Crippen LogP contribution is -2.41. The molecule has 1 saturated carbocycles. The maximum Gasteiger partial charge on any atom is 0.271 e. The largest absolute Gasteiger partial charge is 0.333 e. The zero-order valence-electron chi connectivity index (χ0n) is 13.6. The first-order valence-electron chi connectivity index (χ1n) is 8.29. The van der Waals surface area contributed by atoms with Crippen LogP contribution < -0.4 is 0 Å². The molecule has 0 atom stereocenters. The SMILES string of the molecule is Cc1cc(C#N)ccc1-c1c2c(n3c1C(=O)N(C1CC1)CC3)SI=N2. The average molecular weight is 462 g/mol. The van der Waals surface area contributed by atoms with Gasteiger partial charge in [-0.25, -0.2) is 3.15 Å². The molecular weight excluding hydrogens is 447 g/mol. The standard InChI is InChI=1S/C18H15IN4OS/c1-10-8-11(9-20)2-5-13(10)14-15-18(25-19-21-15)23-7-6-22(12-3-4-12)17(24)16(14)23/h2,5,8,12H,3-4,6-7H2,1H3. The minimum atomic E-state index is -0.278. The molecule has 3 heterocycles. The molecule has 0 N–H and O–H groups in total. The summed E-state index contributed by atoms with van der Waals surface area (Å²) >= 11 is -0.278. The van der Waals surface area contributed by atoms with E-state index in [0.29, 0.717) is 11.6 Å². The van der Waals surface area contributed by atoms with Gasteiger partial charge in [0.2, 0.25) is 0 Å². The number of nitriles is 1. The summed E-state index contributed by atoms with van der Waals surface area (Å²) in [6.45, 7) is 3.68. The van der Waals surface area contributed by atoms with E-state index in [1.54, 1.807) is 0 Å². The van der Waals surface area contributed by atoms with Crippen molar-refractivity contribution in [3.8, 4) is 17.2 Å². The molecule has 5 nitrogen and oxygen atoms in total. The first-order valence-corrected chi connectivity index (χ1v) is 12.6. The number of nitrogens with zero attached hydrogens (tertiary/aromatic N) is 4. The third-order valence-electron chi connectivity index (χ3n) is 5.06. The van der Waals surface area contributed by atoms with Crippen LogP contribution in [0.2, 0.25) is 0 Å². The van der Waals surface area contributed by atoms with Crippen molar-refractivity contribution in [2.45, 2.75) is 37.4 Å². The number of fused-ring (bicyclic) bond motifs is 3. The van der Waals surface area contributed by atoms with E-state index in [4.69, 9.17) is 8.41 Å². The summed E-state index contributed by atoms with van der Waals surface area (Å²) in [6.07, 6.45) is 2.25. The normalized spacial score (nSPS) is 18.6. The Hall–Kier alpha value is -1.66. The molecule has 25 heavy (non-hydrogen) atoms. The molecule has 0 saturated heterocycles. The van der Waals surface area contributed by atoms with E-state index in [1.165, 1.54) is 5.03 Å². The molecule has 1 aliphatic carbocycles. The van der Waals surface area contributed by atoms with Crippen LogP contribution >= 0.6 is 28.6 Å². The van der Waals surface area contributed by atoms with Gasteiger partial charge in [0.25, 0.3) is 5.91 Å². The van der Waals surface area contributed by atoms with Crippen molar-refractivity contribution in [1.29, 1.82) is 5.26 Å². The topological polar surface area (TPSA) is 61.4 Å². The first kappa shape index (κ1) is 15.6. The highest BCUT2D eigenvalue weighted by atomic mass is 127. The number of halogens is 1. The average Bonchev–Trinajstić information content (AvgIpc) is 3.25. The fourth-order valence-corrected chi connectivity index (χ4v) is 7.78. The number of amides is 1. The zero-order chi connectivity index (χ0) is 17.1. The molecule has 0 unspecified atom stereocenters. The van der Waals surface area contributed by atoms with E-state index in [2.05, 4.69) is 10.6 Å². The Balaban J connectivity index is 1.74. The third kappa shape index (κ3) is 2.30. The van der Waals surface area contributed by atoms with Crippen LogP contribution in [0.15, 0.2) is 26.4 Å². The molecule has 2 aliphatic heterocycles. The van der Waals surface area contributed by atoms with Crippen LogP contribution in [0.25, 0.3) is 11.1 Å². The van der Waals surface area contributed by atoms with Gasteiger partial charge in [-0.05, 0) is 52.0 Å².